The van der Waals surface area contributed by atoms with E-state index in [0.29, 0.717) is 27.9 Å². The molecule has 0 aliphatic carbocycles. The van der Waals surface area contributed by atoms with Crippen molar-refractivity contribution in [2.24, 2.45) is 5.73 Å². The quantitative estimate of drug-likeness (QED) is 0.498. The van der Waals surface area contributed by atoms with Crippen LogP contribution in [-0.2, 0) is 4.79 Å². The highest BCUT2D eigenvalue weighted by Gasteiger charge is 2.28. The number of nitrogens with zero attached hydrogens (tertiary/aromatic N) is 2. The SMILES string of the molecule is COc1c(C(=O)O)ccc2c1c(-c1cc3ccccc3o1)nn2C(SC)C(N)=O. The van der Waals surface area contributed by atoms with Gasteiger partial charge in [0.1, 0.15) is 22.6 Å². The van der Waals surface area contributed by atoms with Gasteiger partial charge in [-0.15, -0.1) is 11.8 Å². The Morgan fingerprint density at radius 3 is 2.66 bits per heavy atom. The van der Waals surface area contributed by atoms with Crippen molar-refractivity contribution in [3.05, 3.63) is 48.0 Å². The van der Waals surface area contributed by atoms with Crippen molar-refractivity contribution in [2.45, 2.75) is 5.37 Å². The predicted octanol–water partition coefficient (Wildman–Crippen LogP) is 3.50. The van der Waals surface area contributed by atoms with E-state index in [4.69, 9.17) is 14.9 Å². The highest BCUT2D eigenvalue weighted by molar-refractivity contribution is 7.99. The Balaban J connectivity index is 2.10. The molecule has 148 valence electrons. The molecule has 0 radical (unpaired) electrons. The van der Waals surface area contributed by atoms with Crippen molar-refractivity contribution < 1.29 is 23.8 Å². The van der Waals surface area contributed by atoms with E-state index in [-0.39, 0.29) is 11.3 Å². The number of fused-ring (bicyclic) bond motifs is 2. The highest BCUT2D eigenvalue weighted by Crippen LogP contribution is 2.41. The number of carbonyl (C=O) groups is 2. The number of aromatic carboxylic acids is 1. The molecule has 0 aliphatic heterocycles. The molecule has 0 saturated carbocycles. The van der Waals surface area contributed by atoms with Gasteiger partial charge in [0.05, 0.1) is 18.0 Å². The van der Waals surface area contributed by atoms with Crippen molar-refractivity contribution in [1.82, 2.24) is 9.78 Å². The molecule has 2 aromatic heterocycles. The molecular formula is C20H17N3O5S. The molecule has 2 aromatic carbocycles. The maximum atomic E-state index is 12.0. The maximum Gasteiger partial charge on any atom is 0.339 e. The standard InChI is InChI=1S/C20H17N3O5S/c1-27-17-11(20(25)26)7-8-12-15(17)16(22-23(12)19(29-2)18(21)24)14-9-10-5-3-4-6-13(10)28-14/h3-9,19H,1-2H3,(H2,21,24)(H,25,26). The van der Waals surface area contributed by atoms with Gasteiger partial charge in [-0.3, -0.25) is 4.79 Å². The lowest BCUT2D eigenvalue weighted by Crippen LogP contribution is -2.24. The zero-order valence-electron chi connectivity index (χ0n) is 15.6. The van der Waals surface area contributed by atoms with E-state index in [0.717, 1.165) is 5.39 Å². The number of carboxylic acid groups (broad SMARTS) is 1. The lowest BCUT2D eigenvalue weighted by atomic mass is 10.1. The van der Waals surface area contributed by atoms with Gasteiger partial charge in [-0.25, -0.2) is 9.48 Å². The summed E-state index contributed by atoms with van der Waals surface area (Å²) < 4.78 is 12.9. The first kappa shape index (κ1) is 18.9. The average molecular weight is 411 g/mol. The molecule has 1 unspecified atom stereocenters. The highest BCUT2D eigenvalue weighted by atomic mass is 32.2. The first-order valence-corrected chi connectivity index (χ1v) is 9.88. The molecule has 29 heavy (non-hydrogen) atoms. The Labute approximate surface area is 169 Å². The van der Waals surface area contributed by atoms with Crippen LogP contribution in [0.1, 0.15) is 15.7 Å². The third-order valence-electron chi connectivity index (χ3n) is 4.61. The number of primary amides is 1. The number of para-hydroxylation sites is 1. The van der Waals surface area contributed by atoms with Gasteiger partial charge in [-0.1, -0.05) is 18.2 Å². The molecular weight excluding hydrogens is 394 g/mol. The number of rotatable bonds is 6. The minimum atomic E-state index is -1.14. The van der Waals surface area contributed by atoms with Gasteiger partial charge in [-0.05, 0) is 30.5 Å². The summed E-state index contributed by atoms with van der Waals surface area (Å²) in [7, 11) is 1.39. The molecule has 3 N–H and O–H groups in total. The maximum absolute atomic E-state index is 12.0. The Hall–Kier alpha value is -3.46. The third-order valence-corrected chi connectivity index (χ3v) is 5.49. The van der Waals surface area contributed by atoms with E-state index in [1.54, 1.807) is 12.3 Å². The fourth-order valence-electron chi connectivity index (χ4n) is 3.37. The Kier molecular flexibility index (Phi) is 4.67. The molecule has 4 rings (SSSR count). The Morgan fingerprint density at radius 2 is 2.03 bits per heavy atom. The number of aromatic nitrogens is 2. The topological polar surface area (TPSA) is 121 Å². The number of ether oxygens (including phenoxy) is 1. The summed E-state index contributed by atoms with van der Waals surface area (Å²) in [5, 5.41) is 14.7. The van der Waals surface area contributed by atoms with Crippen LogP contribution in [-0.4, -0.2) is 40.1 Å². The normalized spacial score (nSPS) is 12.3. The molecule has 0 aliphatic rings. The second-order valence-electron chi connectivity index (χ2n) is 6.28. The summed E-state index contributed by atoms with van der Waals surface area (Å²) in [4.78, 5) is 23.7. The molecule has 4 aromatic rings. The fraction of sp³-hybridized carbons (Fsp3) is 0.150. The Bertz CT molecular complexity index is 1230. The van der Waals surface area contributed by atoms with Crippen LogP contribution in [0.3, 0.4) is 0 Å². The van der Waals surface area contributed by atoms with E-state index in [1.165, 1.54) is 29.6 Å². The lowest BCUT2D eigenvalue weighted by molar-refractivity contribution is -0.118. The molecule has 1 amide bonds. The van der Waals surface area contributed by atoms with Crippen molar-refractivity contribution in [3.8, 4) is 17.2 Å². The zero-order chi connectivity index (χ0) is 20.7. The van der Waals surface area contributed by atoms with Gasteiger partial charge >= 0.3 is 5.97 Å². The monoisotopic (exact) mass is 411 g/mol. The molecule has 0 spiro atoms. The number of carbonyl (C=O) groups excluding carboxylic acids is 1. The number of furan rings is 1. The number of benzene rings is 2. The summed E-state index contributed by atoms with van der Waals surface area (Å²) in [6, 6.07) is 12.3. The third kappa shape index (κ3) is 2.99. The number of methoxy groups -OCH3 is 1. The summed E-state index contributed by atoms with van der Waals surface area (Å²) in [6.45, 7) is 0. The average Bonchev–Trinajstić information content (AvgIpc) is 3.29. The smallest absolute Gasteiger partial charge is 0.339 e. The van der Waals surface area contributed by atoms with Gasteiger partial charge in [0.25, 0.3) is 5.91 Å². The van der Waals surface area contributed by atoms with Gasteiger partial charge in [-0.2, -0.15) is 5.10 Å². The lowest BCUT2D eigenvalue weighted by Gasteiger charge is -2.13. The molecule has 1 atom stereocenters. The zero-order valence-corrected chi connectivity index (χ0v) is 16.4. The summed E-state index contributed by atoms with van der Waals surface area (Å²) in [6.07, 6.45) is 1.74. The molecule has 0 saturated heterocycles. The molecule has 9 heteroatoms. The number of hydrogen-bond donors (Lipinski definition) is 2. The molecule has 0 bridgehead atoms. The van der Waals surface area contributed by atoms with Crippen molar-refractivity contribution in [1.29, 1.82) is 0 Å². The number of nitrogens with two attached hydrogens (primary N) is 1. The van der Waals surface area contributed by atoms with Crippen molar-refractivity contribution >= 4 is 45.5 Å². The minimum absolute atomic E-state index is 0.0170. The summed E-state index contributed by atoms with van der Waals surface area (Å²) >= 11 is 1.22. The van der Waals surface area contributed by atoms with E-state index in [2.05, 4.69) is 5.10 Å². The second-order valence-corrected chi connectivity index (χ2v) is 7.20. The van der Waals surface area contributed by atoms with Gasteiger partial charge < -0.3 is 20.0 Å². The van der Waals surface area contributed by atoms with Gasteiger partial charge in [0.15, 0.2) is 11.1 Å². The largest absolute Gasteiger partial charge is 0.495 e. The summed E-state index contributed by atoms with van der Waals surface area (Å²) in [5.74, 6) is -1.14. The van der Waals surface area contributed by atoms with Crippen molar-refractivity contribution in [2.75, 3.05) is 13.4 Å². The van der Waals surface area contributed by atoms with Crippen LogP contribution in [0.25, 0.3) is 33.3 Å². The number of carboxylic acids is 1. The number of thioether (sulfide) groups is 1. The van der Waals surface area contributed by atoms with Crippen LogP contribution < -0.4 is 10.5 Å². The van der Waals surface area contributed by atoms with Crippen LogP contribution in [0.15, 0.2) is 46.9 Å². The second kappa shape index (κ2) is 7.17. The molecule has 0 fully saturated rings. The van der Waals surface area contributed by atoms with Crippen LogP contribution in [0, 0.1) is 0 Å². The Morgan fingerprint density at radius 1 is 1.28 bits per heavy atom. The fourth-order valence-corrected chi connectivity index (χ4v) is 3.96. The van der Waals surface area contributed by atoms with E-state index in [9.17, 15) is 14.7 Å². The van der Waals surface area contributed by atoms with E-state index < -0.39 is 17.3 Å². The summed E-state index contributed by atoms with van der Waals surface area (Å²) in [5.41, 5.74) is 7.09. The first-order chi connectivity index (χ1) is 14.0. The van der Waals surface area contributed by atoms with Gasteiger partial charge in [0, 0.05) is 5.39 Å². The van der Waals surface area contributed by atoms with E-state index in [1.807, 2.05) is 30.3 Å². The van der Waals surface area contributed by atoms with E-state index >= 15 is 0 Å². The minimum Gasteiger partial charge on any atom is -0.495 e. The molecule has 2 heterocycles. The van der Waals surface area contributed by atoms with Crippen LogP contribution >= 0.6 is 11.8 Å². The van der Waals surface area contributed by atoms with Crippen LogP contribution in [0.5, 0.6) is 5.75 Å². The van der Waals surface area contributed by atoms with Crippen molar-refractivity contribution in [3.63, 3.8) is 0 Å². The number of amides is 1. The van der Waals surface area contributed by atoms with Crippen LogP contribution in [0.2, 0.25) is 0 Å². The predicted molar refractivity (Wildman–Crippen MR) is 110 cm³/mol. The van der Waals surface area contributed by atoms with Gasteiger partial charge in [0.2, 0.25) is 0 Å². The first-order valence-electron chi connectivity index (χ1n) is 8.59. The number of hydrogen-bond acceptors (Lipinski definition) is 6. The van der Waals surface area contributed by atoms with Crippen LogP contribution in [0.4, 0.5) is 0 Å². The molecule has 8 nitrogen and oxygen atoms in total.